The molecule has 1 aromatic rings. The first-order chi connectivity index (χ1) is 9.52. The maximum absolute atomic E-state index is 13.7. The minimum atomic E-state index is -0.864. The van der Waals surface area contributed by atoms with Gasteiger partial charge < -0.3 is 5.11 Å². The van der Waals surface area contributed by atoms with Crippen LogP contribution in [-0.2, 0) is 11.2 Å². The predicted molar refractivity (Wildman–Crippen MR) is 72.3 cm³/mol. The van der Waals surface area contributed by atoms with E-state index in [0.29, 0.717) is 18.8 Å². The Morgan fingerprint density at radius 1 is 1.35 bits per heavy atom. The Kier molecular flexibility index (Phi) is 4.73. The summed E-state index contributed by atoms with van der Waals surface area (Å²) in [6.07, 6.45) is 3.64. The minimum absolute atomic E-state index is 0.109. The van der Waals surface area contributed by atoms with Crippen molar-refractivity contribution in [3.8, 4) is 0 Å². The molecule has 1 aromatic carbocycles. The monoisotopic (exact) mass is 282 g/mol. The van der Waals surface area contributed by atoms with Gasteiger partial charge in [0.25, 0.3) is 0 Å². The number of aliphatic carboxylic acids is 1. The topological polar surface area (TPSA) is 37.3 Å². The van der Waals surface area contributed by atoms with Gasteiger partial charge in [0, 0.05) is 0 Å². The molecule has 0 radical (unpaired) electrons. The molecular weight excluding hydrogens is 262 g/mol. The third-order valence-electron chi connectivity index (χ3n) is 4.50. The quantitative estimate of drug-likeness (QED) is 0.905. The fraction of sp³-hybridized carbons (Fsp3) is 0.562. The van der Waals surface area contributed by atoms with Crippen LogP contribution in [-0.4, -0.2) is 11.1 Å². The van der Waals surface area contributed by atoms with Crippen molar-refractivity contribution in [2.75, 3.05) is 0 Å². The zero-order chi connectivity index (χ0) is 14.7. The highest BCUT2D eigenvalue weighted by molar-refractivity contribution is 5.70. The summed E-state index contributed by atoms with van der Waals surface area (Å²) in [6.45, 7) is 2.09. The maximum atomic E-state index is 13.7. The van der Waals surface area contributed by atoms with Gasteiger partial charge in [0.05, 0.1) is 5.92 Å². The third kappa shape index (κ3) is 3.17. The van der Waals surface area contributed by atoms with E-state index in [1.807, 2.05) is 0 Å². The van der Waals surface area contributed by atoms with Crippen LogP contribution in [0.2, 0.25) is 0 Å². The SMILES string of the molecule is CCC1CCC(C(=O)O)C(Cc2cccc(F)c2F)C1. The highest BCUT2D eigenvalue weighted by Gasteiger charge is 2.34. The van der Waals surface area contributed by atoms with E-state index in [0.717, 1.165) is 25.3 Å². The molecule has 3 atom stereocenters. The van der Waals surface area contributed by atoms with Crippen LogP contribution in [0.15, 0.2) is 18.2 Å². The van der Waals surface area contributed by atoms with Gasteiger partial charge in [-0.3, -0.25) is 4.79 Å². The summed E-state index contributed by atoms with van der Waals surface area (Å²) in [5.41, 5.74) is 0.290. The molecule has 1 N–H and O–H groups in total. The molecule has 0 heterocycles. The van der Waals surface area contributed by atoms with Crippen molar-refractivity contribution in [1.82, 2.24) is 0 Å². The second-order valence-corrected chi connectivity index (χ2v) is 5.71. The number of benzene rings is 1. The van der Waals surface area contributed by atoms with Crippen LogP contribution in [0.5, 0.6) is 0 Å². The van der Waals surface area contributed by atoms with Crippen LogP contribution in [0, 0.1) is 29.4 Å². The highest BCUT2D eigenvalue weighted by atomic mass is 19.2. The summed E-state index contributed by atoms with van der Waals surface area (Å²) in [4.78, 5) is 11.3. The molecule has 110 valence electrons. The van der Waals surface area contributed by atoms with Gasteiger partial charge in [-0.15, -0.1) is 0 Å². The van der Waals surface area contributed by atoms with E-state index in [4.69, 9.17) is 0 Å². The Hall–Kier alpha value is -1.45. The summed E-state index contributed by atoms with van der Waals surface area (Å²) >= 11 is 0. The normalized spacial score (nSPS) is 26.4. The fourth-order valence-corrected chi connectivity index (χ4v) is 3.27. The predicted octanol–water partition coefficient (Wildman–Crippen LogP) is 4.03. The van der Waals surface area contributed by atoms with E-state index in [2.05, 4.69) is 6.92 Å². The van der Waals surface area contributed by atoms with Crippen LogP contribution in [0.1, 0.15) is 38.2 Å². The molecule has 0 amide bonds. The Bertz CT molecular complexity index is 487. The Morgan fingerprint density at radius 2 is 2.10 bits per heavy atom. The zero-order valence-corrected chi connectivity index (χ0v) is 11.6. The number of carbonyl (C=O) groups is 1. The average Bonchev–Trinajstić information content (AvgIpc) is 2.43. The average molecular weight is 282 g/mol. The second-order valence-electron chi connectivity index (χ2n) is 5.71. The first-order valence-corrected chi connectivity index (χ1v) is 7.18. The van der Waals surface area contributed by atoms with Crippen molar-refractivity contribution in [1.29, 1.82) is 0 Å². The van der Waals surface area contributed by atoms with Crippen molar-refractivity contribution in [2.24, 2.45) is 17.8 Å². The molecule has 2 rings (SSSR count). The summed E-state index contributed by atoms with van der Waals surface area (Å²) in [5.74, 6) is -2.58. The molecule has 0 spiro atoms. The lowest BCUT2D eigenvalue weighted by atomic mass is 9.71. The number of carboxylic acids is 1. The first kappa shape index (κ1) is 14.9. The van der Waals surface area contributed by atoms with Crippen LogP contribution in [0.4, 0.5) is 8.78 Å². The molecule has 1 fully saturated rings. The number of hydrogen-bond donors (Lipinski definition) is 1. The van der Waals surface area contributed by atoms with Crippen LogP contribution >= 0.6 is 0 Å². The van der Waals surface area contributed by atoms with E-state index in [1.165, 1.54) is 6.07 Å². The molecule has 1 saturated carbocycles. The molecule has 0 aromatic heterocycles. The number of rotatable bonds is 4. The highest BCUT2D eigenvalue weighted by Crippen LogP contribution is 2.38. The minimum Gasteiger partial charge on any atom is -0.481 e. The Balaban J connectivity index is 2.18. The van der Waals surface area contributed by atoms with Gasteiger partial charge in [-0.05, 0) is 49.1 Å². The number of halogens is 2. The van der Waals surface area contributed by atoms with Gasteiger partial charge in [0.15, 0.2) is 11.6 Å². The lowest BCUT2D eigenvalue weighted by Gasteiger charge is -2.33. The molecular formula is C16H20F2O2. The molecule has 0 saturated heterocycles. The van der Waals surface area contributed by atoms with Crippen LogP contribution < -0.4 is 0 Å². The van der Waals surface area contributed by atoms with E-state index in [-0.39, 0.29) is 11.5 Å². The summed E-state index contributed by atoms with van der Waals surface area (Å²) in [5, 5.41) is 9.30. The van der Waals surface area contributed by atoms with E-state index in [1.54, 1.807) is 6.07 Å². The first-order valence-electron chi connectivity index (χ1n) is 7.18. The zero-order valence-electron chi connectivity index (χ0n) is 11.6. The molecule has 20 heavy (non-hydrogen) atoms. The second kappa shape index (κ2) is 6.33. The lowest BCUT2D eigenvalue weighted by molar-refractivity contribution is -0.145. The Labute approximate surface area is 117 Å². The number of carboxylic acid groups (broad SMARTS) is 1. The molecule has 2 nitrogen and oxygen atoms in total. The number of hydrogen-bond acceptors (Lipinski definition) is 1. The Morgan fingerprint density at radius 3 is 2.75 bits per heavy atom. The largest absolute Gasteiger partial charge is 0.481 e. The van der Waals surface area contributed by atoms with Crippen molar-refractivity contribution in [3.05, 3.63) is 35.4 Å². The molecule has 1 aliphatic carbocycles. The van der Waals surface area contributed by atoms with Crippen molar-refractivity contribution in [2.45, 2.75) is 39.0 Å². The van der Waals surface area contributed by atoms with E-state index >= 15 is 0 Å². The molecule has 0 aliphatic heterocycles. The van der Waals surface area contributed by atoms with E-state index < -0.39 is 23.5 Å². The van der Waals surface area contributed by atoms with Gasteiger partial charge in [-0.2, -0.15) is 0 Å². The van der Waals surface area contributed by atoms with E-state index in [9.17, 15) is 18.7 Å². The van der Waals surface area contributed by atoms with Crippen LogP contribution in [0.3, 0.4) is 0 Å². The fourth-order valence-electron chi connectivity index (χ4n) is 3.27. The molecule has 0 bridgehead atoms. The smallest absolute Gasteiger partial charge is 0.306 e. The third-order valence-corrected chi connectivity index (χ3v) is 4.50. The molecule has 3 unspecified atom stereocenters. The van der Waals surface area contributed by atoms with Crippen molar-refractivity contribution >= 4 is 5.97 Å². The van der Waals surface area contributed by atoms with Gasteiger partial charge >= 0.3 is 5.97 Å². The standard InChI is InChI=1S/C16H20F2O2/c1-2-10-6-7-13(16(19)20)12(8-10)9-11-4-3-5-14(17)15(11)18/h3-5,10,12-13H,2,6-9H2,1H3,(H,19,20). The van der Waals surface area contributed by atoms with Gasteiger partial charge in [-0.25, -0.2) is 8.78 Å². The summed E-state index contributed by atoms with van der Waals surface area (Å²) in [6, 6.07) is 4.11. The van der Waals surface area contributed by atoms with Gasteiger partial charge in [0.2, 0.25) is 0 Å². The maximum Gasteiger partial charge on any atom is 0.306 e. The molecule has 4 heteroatoms. The lowest BCUT2D eigenvalue weighted by Crippen LogP contribution is -2.32. The summed E-state index contributed by atoms with van der Waals surface area (Å²) < 4.78 is 27.0. The van der Waals surface area contributed by atoms with Gasteiger partial charge in [0.1, 0.15) is 0 Å². The van der Waals surface area contributed by atoms with Gasteiger partial charge in [-0.1, -0.05) is 25.5 Å². The molecule has 1 aliphatic rings. The summed E-state index contributed by atoms with van der Waals surface area (Å²) in [7, 11) is 0. The van der Waals surface area contributed by atoms with Crippen molar-refractivity contribution < 1.29 is 18.7 Å². The van der Waals surface area contributed by atoms with Crippen molar-refractivity contribution in [3.63, 3.8) is 0 Å². The van der Waals surface area contributed by atoms with Crippen LogP contribution in [0.25, 0.3) is 0 Å².